The molecule has 25 heavy (non-hydrogen) atoms. The highest BCUT2D eigenvalue weighted by Gasteiger charge is 2.40. The first-order valence-electron chi connectivity index (χ1n) is 9.03. The predicted octanol–water partition coefficient (Wildman–Crippen LogP) is 1.47. The second kappa shape index (κ2) is 7.87. The van der Waals surface area contributed by atoms with Gasteiger partial charge >= 0.3 is 0 Å². The zero-order valence-electron chi connectivity index (χ0n) is 15.0. The van der Waals surface area contributed by atoms with Crippen molar-refractivity contribution >= 4 is 11.8 Å². The summed E-state index contributed by atoms with van der Waals surface area (Å²) in [6.45, 7) is 1.47. The number of nitrogens with one attached hydrogen (secondary N) is 2. The average Bonchev–Trinajstić information content (AvgIpc) is 3.36. The van der Waals surface area contributed by atoms with Crippen molar-refractivity contribution in [3.63, 3.8) is 0 Å². The Bertz CT molecular complexity index is 630. The number of para-hydroxylation sites is 1. The fourth-order valence-corrected chi connectivity index (χ4v) is 3.56. The minimum atomic E-state index is -0.527. The molecule has 1 saturated carbocycles. The number of rotatable bonds is 7. The van der Waals surface area contributed by atoms with Crippen LogP contribution in [0.5, 0.6) is 5.75 Å². The molecule has 6 heteroatoms. The van der Waals surface area contributed by atoms with Gasteiger partial charge in [0.1, 0.15) is 11.8 Å². The first-order valence-corrected chi connectivity index (χ1v) is 9.03. The number of carbonyl (C=O) groups is 2. The van der Waals surface area contributed by atoms with Gasteiger partial charge in [-0.05, 0) is 37.7 Å². The van der Waals surface area contributed by atoms with Gasteiger partial charge in [-0.1, -0.05) is 18.2 Å². The van der Waals surface area contributed by atoms with Gasteiger partial charge in [-0.15, -0.1) is 0 Å². The molecule has 6 nitrogen and oxygen atoms in total. The maximum absolute atomic E-state index is 12.7. The third kappa shape index (κ3) is 3.95. The highest BCUT2D eigenvalue weighted by molar-refractivity contribution is 5.87. The molecular formula is C19H27N3O3. The summed E-state index contributed by atoms with van der Waals surface area (Å²) in [6, 6.07) is 6.73. The first-order chi connectivity index (χ1) is 12.2. The van der Waals surface area contributed by atoms with Crippen molar-refractivity contribution in [3.8, 4) is 5.75 Å². The number of hydrogen-bond donors (Lipinski definition) is 2. The van der Waals surface area contributed by atoms with Crippen LogP contribution < -0.4 is 15.4 Å². The molecule has 2 aliphatic rings. The zero-order valence-corrected chi connectivity index (χ0v) is 15.0. The van der Waals surface area contributed by atoms with Crippen LogP contribution in [0, 0.1) is 5.92 Å². The molecule has 0 spiro atoms. The Morgan fingerprint density at radius 1 is 1.28 bits per heavy atom. The maximum Gasteiger partial charge on any atom is 0.241 e. The van der Waals surface area contributed by atoms with Crippen molar-refractivity contribution in [3.05, 3.63) is 29.8 Å². The van der Waals surface area contributed by atoms with Gasteiger partial charge in [-0.25, -0.2) is 0 Å². The molecule has 1 saturated heterocycles. The summed E-state index contributed by atoms with van der Waals surface area (Å²) < 4.78 is 5.46. The molecule has 1 aliphatic carbocycles. The van der Waals surface area contributed by atoms with Crippen molar-refractivity contribution in [1.82, 2.24) is 15.5 Å². The van der Waals surface area contributed by atoms with Crippen LogP contribution >= 0.6 is 0 Å². The number of amides is 2. The summed E-state index contributed by atoms with van der Waals surface area (Å²) in [5.74, 6) is 1.22. The van der Waals surface area contributed by atoms with Crippen molar-refractivity contribution < 1.29 is 14.3 Å². The number of methoxy groups -OCH3 is 1. The third-order valence-corrected chi connectivity index (χ3v) is 5.12. The lowest BCUT2D eigenvalue weighted by Crippen LogP contribution is -2.48. The van der Waals surface area contributed by atoms with Crippen molar-refractivity contribution in [2.45, 2.75) is 37.8 Å². The third-order valence-electron chi connectivity index (χ3n) is 5.12. The van der Waals surface area contributed by atoms with Crippen LogP contribution in [-0.2, 0) is 9.59 Å². The zero-order chi connectivity index (χ0) is 17.8. The summed E-state index contributed by atoms with van der Waals surface area (Å²) in [4.78, 5) is 27.4. The van der Waals surface area contributed by atoms with Crippen LogP contribution in [0.2, 0.25) is 0 Å². The van der Waals surface area contributed by atoms with Crippen LogP contribution in [0.4, 0.5) is 0 Å². The van der Waals surface area contributed by atoms with Crippen LogP contribution in [-0.4, -0.2) is 50.0 Å². The standard InChI is InChI=1S/C19H27N3O3/c1-20-19(24)17(14-6-3-4-8-16(14)25-2)22-11-5-7-15(22)18(23)21-12-13-9-10-13/h3-4,6,8,13,15,17H,5,7,9-12H2,1-2H3,(H,20,24)(H,21,23). The Balaban J connectivity index is 1.83. The quantitative estimate of drug-likeness (QED) is 0.785. The van der Waals surface area contributed by atoms with Crippen LogP contribution in [0.1, 0.15) is 37.3 Å². The molecule has 1 heterocycles. The van der Waals surface area contributed by atoms with Gasteiger partial charge < -0.3 is 15.4 Å². The van der Waals surface area contributed by atoms with Crippen molar-refractivity contribution in [1.29, 1.82) is 0 Å². The molecule has 2 atom stereocenters. The first kappa shape index (κ1) is 17.7. The number of benzene rings is 1. The van der Waals surface area contributed by atoms with Gasteiger partial charge in [-0.2, -0.15) is 0 Å². The molecule has 2 N–H and O–H groups in total. The molecule has 0 bridgehead atoms. The average molecular weight is 345 g/mol. The topological polar surface area (TPSA) is 70.7 Å². The van der Waals surface area contributed by atoms with E-state index in [-0.39, 0.29) is 17.9 Å². The Labute approximate surface area is 148 Å². The fraction of sp³-hybridized carbons (Fsp3) is 0.579. The monoisotopic (exact) mass is 345 g/mol. The molecule has 136 valence electrons. The van der Waals surface area contributed by atoms with E-state index in [1.807, 2.05) is 29.2 Å². The summed E-state index contributed by atoms with van der Waals surface area (Å²) in [6.07, 6.45) is 4.09. The normalized spacial score (nSPS) is 21.6. The summed E-state index contributed by atoms with van der Waals surface area (Å²) >= 11 is 0. The molecule has 2 amide bonds. The number of nitrogens with zero attached hydrogens (tertiary/aromatic N) is 1. The Kier molecular flexibility index (Phi) is 5.58. The summed E-state index contributed by atoms with van der Waals surface area (Å²) in [5, 5.41) is 5.81. The van der Waals surface area contributed by atoms with Gasteiger partial charge in [-0.3, -0.25) is 14.5 Å². The lowest BCUT2D eigenvalue weighted by atomic mass is 10.0. The molecule has 0 aromatic heterocycles. The van der Waals surface area contributed by atoms with E-state index in [1.54, 1.807) is 14.2 Å². The van der Waals surface area contributed by atoms with Crippen LogP contribution in [0.25, 0.3) is 0 Å². The Morgan fingerprint density at radius 2 is 2.04 bits per heavy atom. The van der Waals surface area contributed by atoms with Crippen molar-refractivity contribution in [2.75, 3.05) is 27.2 Å². The predicted molar refractivity (Wildman–Crippen MR) is 95.3 cm³/mol. The number of likely N-dealkylation sites (tertiary alicyclic amines) is 1. The van der Waals surface area contributed by atoms with E-state index in [0.29, 0.717) is 11.7 Å². The molecule has 2 fully saturated rings. The van der Waals surface area contributed by atoms with Gasteiger partial charge in [0.2, 0.25) is 11.8 Å². The number of likely N-dealkylation sites (N-methyl/N-ethyl adjacent to an activating group) is 1. The largest absolute Gasteiger partial charge is 0.496 e. The van der Waals surface area contributed by atoms with Gasteiger partial charge in [0, 0.05) is 25.7 Å². The summed E-state index contributed by atoms with van der Waals surface area (Å²) in [7, 11) is 3.23. The Morgan fingerprint density at radius 3 is 2.72 bits per heavy atom. The van der Waals surface area contributed by atoms with E-state index in [0.717, 1.165) is 31.5 Å². The van der Waals surface area contributed by atoms with E-state index >= 15 is 0 Å². The fourth-order valence-electron chi connectivity index (χ4n) is 3.56. The molecule has 3 rings (SSSR count). The van der Waals surface area contributed by atoms with E-state index < -0.39 is 6.04 Å². The number of carbonyl (C=O) groups excluding carboxylic acids is 2. The van der Waals surface area contributed by atoms with E-state index in [1.165, 1.54) is 12.8 Å². The van der Waals surface area contributed by atoms with Crippen molar-refractivity contribution in [2.24, 2.45) is 5.92 Å². The number of hydrogen-bond acceptors (Lipinski definition) is 4. The molecule has 2 unspecified atom stereocenters. The van der Waals surface area contributed by atoms with E-state index in [4.69, 9.17) is 4.74 Å². The van der Waals surface area contributed by atoms with Crippen LogP contribution in [0.3, 0.4) is 0 Å². The lowest BCUT2D eigenvalue weighted by molar-refractivity contribution is -0.131. The highest BCUT2D eigenvalue weighted by atomic mass is 16.5. The highest BCUT2D eigenvalue weighted by Crippen LogP contribution is 2.35. The van der Waals surface area contributed by atoms with Gasteiger partial charge in [0.05, 0.1) is 13.2 Å². The lowest BCUT2D eigenvalue weighted by Gasteiger charge is -2.32. The number of ether oxygens (including phenoxy) is 1. The SMILES string of the molecule is CNC(=O)C(c1ccccc1OC)N1CCCC1C(=O)NCC1CC1. The molecule has 1 aromatic rings. The maximum atomic E-state index is 12.7. The van der Waals surface area contributed by atoms with Gasteiger partial charge in [0.25, 0.3) is 0 Å². The second-order valence-electron chi connectivity index (χ2n) is 6.84. The minimum Gasteiger partial charge on any atom is -0.496 e. The molecule has 0 radical (unpaired) electrons. The van der Waals surface area contributed by atoms with Gasteiger partial charge in [0.15, 0.2) is 0 Å². The minimum absolute atomic E-state index is 0.0354. The van der Waals surface area contributed by atoms with E-state index in [2.05, 4.69) is 10.6 Å². The smallest absolute Gasteiger partial charge is 0.241 e. The molecule has 1 aromatic carbocycles. The molecular weight excluding hydrogens is 318 g/mol. The molecule has 1 aliphatic heterocycles. The van der Waals surface area contributed by atoms with E-state index in [9.17, 15) is 9.59 Å². The Hall–Kier alpha value is -2.08. The second-order valence-corrected chi connectivity index (χ2v) is 6.84. The summed E-state index contributed by atoms with van der Waals surface area (Å²) in [5.41, 5.74) is 0.797. The van der Waals surface area contributed by atoms with Crippen LogP contribution in [0.15, 0.2) is 24.3 Å².